The Hall–Kier alpha value is -1.06. The van der Waals surface area contributed by atoms with Gasteiger partial charge < -0.3 is 0 Å². The Morgan fingerprint density at radius 3 is 2.67 bits per heavy atom. The first-order valence-electron chi connectivity index (χ1n) is 3.55. The molecule has 0 fully saturated rings. The summed E-state index contributed by atoms with van der Waals surface area (Å²) in [5.74, 6) is 0. The number of hydrogen-bond acceptors (Lipinski definition) is 3. The maximum absolute atomic E-state index is 12.4. The van der Waals surface area contributed by atoms with Gasteiger partial charge in [-0.1, -0.05) is 0 Å². The van der Waals surface area contributed by atoms with Crippen LogP contribution in [0, 0.1) is 11.3 Å². The molecule has 1 aromatic heterocycles. The van der Waals surface area contributed by atoms with Crippen molar-refractivity contribution < 1.29 is 13.6 Å². The van der Waals surface area contributed by atoms with Gasteiger partial charge in [-0.15, -0.1) is 0 Å². The van der Waals surface area contributed by atoms with Gasteiger partial charge in [0, 0.05) is 6.20 Å². The minimum Gasteiger partial charge on any atom is -0.275 e. The molecule has 0 aliphatic carbocycles. The minimum atomic E-state index is -2.83. The number of pyridine rings is 1. The SMILES string of the molecule is N#Cc1c(C(=O)Cl)cnc(C(F)F)c1Br. The predicted molar refractivity (Wildman–Crippen MR) is 51.8 cm³/mol. The summed E-state index contributed by atoms with van der Waals surface area (Å²) in [6.45, 7) is 0. The number of nitriles is 1. The van der Waals surface area contributed by atoms with E-state index in [1.54, 1.807) is 6.07 Å². The van der Waals surface area contributed by atoms with E-state index >= 15 is 0 Å². The monoisotopic (exact) mass is 294 g/mol. The largest absolute Gasteiger partial charge is 0.281 e. The fourth-order valence-corrected chi connectivity index (χ4v) is 1.63. The van der Waals surface area contributed by atoms with E-state index < -0.39 is 17.4 Å². The second-order valence-electron chi connectivity index (χ2n) is 2.43. The zero-order valence-corrected chi connectivity index (χ0v) is 9.31. The first kappa shape index (κ1) is 12.0. The van der Waals surface area contributed by atoms with E-state index in [0.717, 1.165) is 6.20 Å². The average molecular weight is 295 g/mol. The molecule has 15 heavy (non-hydrogen) atoms. The van der Waals surface area contributed by atoms with Gasteiger partial charge in [-0.25, -0.2) is 8.78 Å². The molecule has 7 heteroatoms. The molecule has 1 rings (SSSR count). The highest BCUT2D eigenvalue weighted by atomic mass is 79.9. The van der Waals surface area contributed by atoms with Gasteiger partial charge in [0.15, 0.2) is 0 Å². The lowest BCUT2D eigenvalue weighted by molar-refractivity contribution is 0.107. The quantitative estimate of drug-likeness (QED) is 0.788. The summed E-state index contributed by atoms with van der Waals surface area (Å²) in [5.41, 5.74) is -1.02. The molecule has 0 aliphatic heterocycles. The third-order valence-electron chi connectivity index (χ3n) is 1.58. The van der Waals surface area contributed by atoms with Crippen LogP contribution >= 0.6 is 27.5 Å². The maximum Gasteiger partial charge on any atom is 0.281 e. The standard InChI is InChI=1S/C8H2BrClF2N2O/c9-5-3(1-13)4(7(10)15)2-14-6(5)8(11)12/h2,8H. The van der Waals surface area contributed by atoms with Crippen LogP contribution < -0.4 is 0 Å². The molecule has 0 radical (unpaired) electrons. The number of rotatable bonds is 2. The Labute approximate surface area is 96.8 Å². The fraction of sp³-hybridized carbons (Fsp3) is 0.125. The van der Waals surface area contributed by atoms with E-state index in [9.17, 15) is 13.6 Å². The lowest BCUT2D eigenvalue weighted by atomic mass is 10.1. The van der Waals surface area contributed by atoms with Gasteiger partial charge in [-0.3, -0.25) is 9.78 Å². The van der Waals surface area contributed by atoms with Gasteiger partial charge in [0.2, 0.25) is 0 Å². The second-order valence-corrected chi connectivity index (χ2v) is 3.57. The molecular weight excluding hydrogens is 293 g/mol. The summed E-state index contributed by atoms with van der Waals surface area (Å²) >= 11 is 7.94. The van der Waals surface area contributed by atoms with E-state index in [-0.39, 0.29) is 15.6 Å². The molecule has 0 N–H and O–H groups in total. The number of alkyl halides is 2. The summed E-state index contributed by atoms with van der Waals surface area (Å²) in [7, 11) is 0. The molecular formula is C8H2BrClF2N2O. The van der Waals surface area contributed by atoms with Crippen LogP contribution in [0.3, 0.4) is 0 Å². The third kappa shape index (κ3) is 2.30. The van der Waals surface area contributed by atoms with E-state index in [2.05, 4.69) is 20.9 Å². The van der Waals surface area contributed by atoms with Crippen molar-refractivity contribution >= 4 is 32.8 Å². The highest BCUT2D eigenvalue weighted by Gasteiger charge is 2.21. The van der Waals surface area contributed by atoms with Crippen LogP contribution in [-0.4, -0.2) is 10.2 Å². The summed E-state index contributed by atoms with van der Waals surface area (Å²) < 4.78 is 24.5. The van der Waals surface area contributed by atoms with Gasteiger partial charge in [0.25, 0.3) is 11.7 Å². The molecule has 0 saturated carbocycles. The van der Waals surface area contributed by atoms with Crippen LogP contribution in [0.5, 0.6) is 0 Å². The van der Waals surface area contributed by atoms with Crippen molar-refractivity contribution in [1.82, 2.24) is 4.98 Å². The Bertz CT molecular complexity index is 459. The van der Waals surface area contributed by atoms with Crippen LogP contribution in [0.4, 0.5) is 8.78 Å². The fourth-order valence-electron chi connectivity index (χ4n) is 0.912. The highest BCUT2D eigenvalue weighted by Crippen LogP contribution is 2.30. The van der Waals surface area contributed by atoms with Gasteiger partial charge in [0.1, 0.15) is 11.8 Å². The molecule has 0 atom stereocenters. The molecule has 0 amide bonds. The van der Waals surface area contributed by atoms with Crippen molar-refractivity contribution in [1.29, 1.82) is 5.26 Å². The van der Waals surface area contributed by atoms with Crippen molar-refractivity contribution in [3.05, 3.63) is 27.5 Å². The summed E-state index contributed by atoms with van der Waals surface area (Å²) in [6, 6.07) is 1.61. The van der Waals surface area contributed by atoms with Gasteiger partial charge >= 0.3 is 0 Å². The lowest BCUT2D eigenvalue weighted by Crippen LogP contribution is -2.02. The maximum atomic E-state index is 12.4. The smallest absolute Gasteiger partial charge is 0.275 e. The topological polar surface area (TPSA) is 53.8 Å². The van der Waals surface area contributed by atoms with E-state index in [1.165, 1.54) is 0 Å². The first-order valence-corrected chi connectivity index (χ1v) is 4.72. The van der Waals surface area contributed by atoms with Gasteiger partial charge in [0.05, 0.1) is 15.6 Å². The molecule has 0 spiro atoms. The van der Waals surface area contributed by atoms with Crippen LogP contribution in [0.25, 0.3) is 0 Å². The molecule has 0 aromatic carbocycles. The Morgan fingerprint density at radius 2 is 2.27 bits per heavy atom. The van der Waals surface area contributed by atoms with Crippen LogP contribution in [-0.2, 0) is 0 Å². The number of nitrogens with zero attached hydrogens (tertiary/aromatic N) is 2. The van der Waals surface area contributed by atoms with Gasteiger partial charge in [-0.2, -0.15) is 5.26 Å². The zero-order valence-electron chi connectivity index (χ0n) is 6.97. The second kappa shape index (κ2) is 4.64. The average Bonchev–Trinajstić information content (AvgIpc) is 2.16. The molecule has 0 saturated heterocycles. The van der Waals surface area contributed by atoms with Crippen LogP contribution in [0.1, 0.15) is 28.0 Å². The summed E-state index contributed by atoms with van der Waals surface area (Å²) in [5, 5.41) is 7.77. The Morgan fingerprint density at radius 1 is 1.67 bits per heavy atom. The molecule has 0 aliphatic rings. The molecule has 0 unspecified atom stereocenters. The molecule has 1 heterocycles. The number of hydrogen-bond donors (Lipinski definition) is 0. The Kier molecular flexibility index (Phi) is 3.72. The number of aromatic nitrogens is 1. The Balaban J connectivity index is 3.48. The minimum absolute atomic E-state index is 0.199. The first-order chi connectivity index (χ1) is 6.99. The summed E-state index contributed by atoms with van der Waals surface area (Å²) in [6.07, 6.45) is -1.97. The number of carbonyl (C=O) groups excluding carboxylic acids is 1. The summed E-state index contributed by atoms with van der Waals surface area (Å²) in [4.78, 5) is 14.2. The van der Waals surface area contributed by atoms with Crippen LogP contribution in [0.2, 0.25) is 0 Å². The zero-order chi connectivity index (χ0) is 11.6. The predicted octanol–water partition coefficient (Wildman–Crippen LogP) is 3.03. The molecule has 0 bridgehead atoms. The molecule has 3 nitrogen and oxygen atoms in total. The van der Waals surface area contributed by atoms with Gasteiger partial charge in [-0.05, 0) is 27.5 Å². The number of halogens is 4. The van der Waals surface area contributed by atoms with Crippen LogP contribution in [0.15, 0.2) is 10.7 Å². The van der Waals surface area contributed by atoms with Crippen molar-refractivity contribution in [2.75, 3.05) is 0 Å². The van der Waals surface area contributed by atoms with Crippen molar-refractivity contribution in [3.63, 3.8) is 0 Å². The highest BCUT2D eigenvalue weighted by molar-refractivity contribution is 9.10. The van der Waals surface area contributed by atoms with E-state index in [4.69, 9.17) is 16.9 Å². The van der Waals surface area contributed by atoms with E-state index in [0.29, 0.717) is 0 Å². The normalized spacial score (nSPS) is 10.1. The lowest BCUT2D eigenvalue weighted by Gasteiger charge is -2.05. The molecule has 78 valence electrons. The van der Waals surface area contributed by atoms with Crippen molar-refractivity contribution in [2.45, 2.75) is 6.43 Å². The van der Waals surface area contributed by atoms with E-state index in [1.807, 2.05) is 0 Å². The van der Waals surface area contributed by atoms with Crippen molar-refractivity contribution in [3.8, 4) is 6.07 Å². The third-order valence-corrected chi connectivity index (χ3v) is 2.58. The molecule has 1 aromatic rings. The number of carbonyl (C=O) groups is 1. The van der Waals surface area contributed by atoms with Crippen molar-refractivity contribution in [2.24, 2.45) is 0 Å².